The second-order valence-corrected chi connectivity index (χ2v) is 8.71. The first-order chi connectivity index (χ1) is 12.2. The van der Waals surface area contributed by atoms with Crippen molar-refractivity contribution in [3.8, 4) is 0 Å². The fourth-order valence-electron chi connectivity index (χ4n) is 5.08. The average Bonchev–Trinajstić information content (AvgIpc) is 2.61. The highest BCUT2D eigenvalue weighted by Crippen LogP contribution is 2.58. The van der Waals surface area contributed by atoms with Gasteiger partial charge in [-0.3, -0.25) is 9.59 Å². The van der Waals surface area contributed by atoms with Gasteiger partial charge in [0.15, 0.2) is 5.78 Å². The van der Waals surface area contributed by atoms with Gasteiger partial charge in [-0.25, -0.2) is 0 Å². The molecule has 140 valence electrons. The maximum absolute atomic E-state index is 13.6. The van der Waals surface area contributed by atoms with E-state index in [2.05, 4.69) is 31.1 Å². The Labute approximate surface area is 160 Å². The van der Waals surface area contributed by atoms with Gasteiger partial charge >= 0.3 is 0 Å². The van der Waals surface area contributed by atoms with Crippen molar-refractivity contribution in [2.24, 2.45) is 17.3 Å². The zero-order chi connectivity index (χ0) is 19.3. The molecule has 0 bridgehead atoms. The molecule has 26 heavy (non-hydrogen) atoms. The number of rotatable bonds is 4. The first-order valence-electron chi connectivity index (χ1n) is 8.98. The van der Waals surface area contributed by atoms with Crippen molar-refractivity contribution in [1.82, 2.24) is 0 Å². The summed E-state index contributed by atoms with van der Waals surface area (Å²) in [6.45, 7) is 10.3. The lowest BCUT2D eigenvalue weighted by Crippen LogP contribution is -2.59. The van der Waals surface area contributed by atoms with E-state index in [0.717, 1.165) is 12.0 Å². The van der Waals surface area contributed by atoms with Crippen LogP contribution in [0.4, 0.5) is 5.69 Å². The van der Waals surface area contributed by atoms with Crippen molar-refractivity contribution >= 4 is 29.5 Å². The van der Waals surface area contributed by atoms with Crippen molar-refractivity contribution in [3.63, 3.8) is 0 Å². The van der Waals surface area contributed by atoms with Crippen molar-refractivity contribution in [2.45, 2.75) is 44.0 Å². The molecule has 2 aliphatic rings. The Balaban J connectivity index is 2.24. The fourth-order valence-corrected chi connectivity index (χ4v) is 5.49. The SMILES string of the molecule is C=C[C@@]1(C)[C@H](Cl)C[C@H]2[C@@H](C(=O)c3c(NC=O)cccc3C2(C)C)[C@@H]1[N-]C. The van der Waals surface area contributed by atoms with Gasteiger partial charge in [-0.05, 0) is 34.8 Å². The number of amides is 1. The molecule has 1 amide bonds. The van der Waals surface area contributed by atoms with Crippen LogP contribution < -0.4 is 5.32 Å². The third-order valence-corrected chi connectivity index (χ3v) is 7.36. The molecule has 0 saturated heterocycles. The van der Waals surface area contributed by atoms with Crippen LogP contribution in [-0.2, 0) is 10.2 Å². The van der Waals surface area contributed by atoms with Crippen LogP contribution in [0.2, 0.25) is 0 Å². The predicted octanol–water partition coefficient (Wildman–Crippen LogP) is 4.54. The van der Waals surface area contributed by atoms with E-state index in [1.54, 1.807) is 13.1 Å². The number of hydrogen-bond acceptors (Lipinski definition) is 2. The minimum absolute atomic E-state index is 0.0431. The lowest BCUT2D eigenvalue weighted by atomic mass is 9.50. The van der Waals surface area contributed by atoms with E-state index in [4.69, 9.17) is 11.6 Å². The van der Waals surface area contributed by atoms with Crippen LogP contribution >= 0.6 is 11.6 Å². The lowest BCUT2D eigenvalue weighted by Gasteiger charge is -2.61. The molecular weight excluding hydrogens is 348 g/mol. The van der Waals surface area contributed by atoms with E-state index >= 15 is 0 Å². The highest BCUT2D eigenvalue weighted by molar-refractivity contribution is 6.21. The minimum atomic E-state index is -0.451. The standard InChI is InChI=1S/C21H26ClN2O2/c1-6-21(4)15(22)10-13-17(19(21)23-5)18(26)16-12(20(13,2)3)8-7-9-14(16)24-11-25/h6-9,11,13,15,17,19H,1,10H2,2-5H3,(H,24,25)/q-1/t13-,15+,17-,19-,21-/m0/s1. The summed E-state index contributed by atoms with van der Waals surface area (Å²) in [4.78, 5) is 24.7. The molecule has 0 aliphatic heterocycles. The van der Waals surface area contributed by atoms with Crippen LogP contribution in [0.5, 0.6) is 0 Å². The number of carbonyl (C=O) groups is 2. The normalized spacial score (nSPS) is 35.2. The third kappa shape index (κ3) is 2.46. The van der Waals surface area contributed by atoms with Crippen LogP contribution in [-0.4, -0.2) is 30.7 Å². The molecule has 1 N–H and O–H groups in total. The summed E-state index contributed by atoms with van der Waals surface area (Å²) in [5, 5.41) is 7.16. The average molecular weight is 374 g/mol. The van der Waals surface area contributed by atoms with Crippen LogP contribution in [0.25, 0.3) is 5.32 Å². The molecule has 0 radical (unpaired) electrons. The van der Waals surface area contributed by atoms with E-state index in [1.807, 2.05) is 25.1 Å². The van der Waals surface area contributed by atoms with Crippen LogP contribution in [0, 0.1) is 17.3 Å². The van der Waals surface area contributed by atoms with Gasteiger partial charge < -0.3 is 10.6 Å². The maximum atomic E-state index is 13.6. The largest absolute Gasteiger partial charge is 0.661 e. The number of anilines is 1. The van der Waals surface area contributed by atoms with Gasteiger partial charge in [-0.2, -0.15) is 7.05 Å². The summed E-state index contributed by atoms with van der Waals surface area (Å²) >= 11 is 6.80. The summed E-state index contributed by atoms with van der Waals surface area (Å²) in [5.74, 6) is -0.158. The second kappa shape index (κ2) is 6.50. The van der Waals surface area contributed by atoms with E-state index in [-0.39, 0.29) is 34.5 Å². The summed E-state index contributed by atoms with van der Waals surface area (Å²) < 4.78 is 0. The number of fused-ring (bicyclic) bond motifs is 2. The summed E-state index contributed by atoms with van der Waals surface area (Å²) in [7, 11) is 1.75. The molecule has 2 aliphatic carbocycles. The van der Waals surface area contributed by atoms with Gasteiger partial charge in [-0.1, -0.05) is 39.0 Å². The van der Waals surface area contributed by atoms with Gasteiger partial charge in [0.2, 0.25) is 6.41 Å². The highest BCUT2D eigenvalue weighted by atomic mass is 35.5. The number of nitrogens with zero attached hydrogens (tertiary/aromatic N) is 1. The van der Waals surface area contributed by atoms with Crippen LogP contribution in [0.3, 0.4) is 0 Å². The van der Waals surface area contributed by atoms with E-state index in [1.165, 1.54) is 0 Å². The molecule has 0 aromatic heterocycles. The molecule has 0 unspecified atom stereocenters. The van der Waals surface area contributed by atoms with E-state index < -0.39 is 5.41 Å². The number of alkyl halides is 1. The Bertz CT molecular complexity index is 760. The topological polar surface area (TPSA) is 60.3 Å². The molecule has 3 rings (SSSR count). The van der Waals surface area contributed by atoms with Crippen LogP contribution in [0.15, 0.2) is 30.9 Å². The molecule has 0 heterocycles. The summed E-state index contributed by atoms with van der Waals surface area (Å²) in [5.41, 5.74) is 1.44. The summed E-state index contributed by atoms with van der Waals surface area (Å²) in [6, 6.07) is 5.41. The Morgan fingerprint density at radius 2 is 2.04 bits per heavy atom. The van der Waals surface area contributed by atoms with Gasteiger partial charge in [0.05, 0.1) is 5.69 Å². The number of ketones is 1. The molecule has 5 atom stereocenters. The van der Waals surface area contributed by atoms with Crippen molar-refractivity contribution in [1.29, 1.82) is 0 Å². The smallest absolute Gasteiger partial charge is 0.211 e. The quantitative estimate of drug-likeness (QED) is 0.478. The monoisotopic (exact) mass is 373 g/mol. The maximum Gasteiger partial charge on any atom is 0.211 e. The van der Waals surface area contributed by atoms with Crippen molar-refractivity contribution in [3.05, 3.63) is 47.3 Å². The second-order valence-electron chi connectivity index (χ2n) is 8.18. The van der Waals surface area contributed by atoms with Gasteiger partial charge in [0.1, 0.15) is 0 Å². The molecule has 4 nitrogen and oxygen atoms in total. The molecular formula is C21H26ClN2O2-. The zero-order valence-corrected chi connectivity index (χ0v) is 16.5. The lowest BCUT2D eigenvalue weighted by molar-refractivity contribution is -0.105. The molecule has 0 spiro atoms. The predicted molar refractivity (Wildman–Crippen MR) is 106 cm³/mol. The highest BCUT2D eigenvalue weighted by Gasteiger charge is 2.56. The number of Topliss-reactive ketones (excluding diaryl/α,β-unsaturated/α-hetero) is 1. The molecule has 1 fully saturated rings. The van der Waals surface area contributed by atoms with E-state index in [0.29, 0.717) is 17.7 Å². The van der Waals surface area contributed by atoms with Crippen LogP contribution in [0.1, 0.15) is 43.1 Å². The number of hydrogen-bond donors (Lipinski definition) is 1. The first kappa shape index (κ1) is 19.1. The molecule has 1 aromatic carbocycles. The third-order valence-electron chi connectivity index (χ3n) is 6.71. The number of halogens is 1. The minimum Gasteiger partial charge on any atom is -0.661 e. The Morgan fingerprint density at radius 1 is 1.35 bits per heavy atom. The zero-order valence-electron chi connectivity index (χ0n) is 15.8. The Hall–Kier alpha value is -1.65. The van der Waals surface area contributed by atoms with Gasteiger partial charge in [-0.15, -0.1) is 24.2 Å². The van der Waals surface area contributed by atoms with E-state index in [9.17, 15) is 9.59 Å². The Morgan fingerprint density at radius 3 is 2.62 bits per heavy atom. The number of nitrogens with one attached hydrogen (secondary N) is 1. The number of carbonyl (C=O) groups excluding carboxylic acids is 2. The van der Waals surface area contributed by atoms with Gasteiger partial charge in [0.25, 0.3) is 0 Å². The first-order valence-corrected chi connectivity index (χ1v) is 9.42. The van der Waals surface area contributed by atoms with Crippen molar-refractivity contribution in [2.75, 3.05) is 12.4 Å². The van der Waals surface area contributed by atoms with Gasteiger partial charge in [0, 0.05) is 16.9 Å². The Kier molecular flexibility index (Phi) is 4.78. The molecule has 5 heteroatoms. The fraction of sp³-hybridized carbons (Fsp3) is 0.524. The summed E-state index contributed by atoms with van der Waals surface area (Å²) in [6.07, 6.45) is 3.20. The number of benzene rings is 1. The molecule has 1 aromatic rings. The molecule has 1 saturated carbocycles. The van der Waals surface area contributed by atoms with Crippen molar-refractivity contribution < 1.29 is 9.59 Å².